The lowest BCUT2D eigenvalue weighted by molar-refractivity contribution is -0.132. The van der Waals surface area contributed by atoms with E-state index in [4.69, 9.17) is 5.11 Å². The third-order valence-electron chi connectivity index (χ3n) is 1.45. The first kappa shape index (κ1) is 10.6. The van der Waals surface area contributed by atoms with Gasteiger partial charge >= 0.3 is 5.97 Å². The van der Waals surface area contributed by atoms with E-state index in [1.54, 1.807) is 0 Å². The third kappa shape index (κ3) is 3.12. The molecule has 0 aromatic rings. The van der Waals surface area contributed by atoms with Crippen LogP contribution < -0.4 is 0 Å². The van der Waals surface area contributed by atoms with E-state index in [9.17, 15) is 9.59 Å². The number of aliphatic imine (C=N–C) groups is 1. The maximum atomic E-state index is 10.4. The van der Waals surface area contributed by atoms with Crippen molar-refractivity contribution < 1.29 is 14.7 Å². The maximum absolute atomic E-state index is 10.4. The Morgan fingerprint density at radius 1 is 1.75 bits per heavy atom. The molecule has 0 aliphatic rings. The Morgan fingerprint density at radius 3 is 2.67 bits per heavy atom. The van der Waals surface area contributed by atoms with Crippen LogP contribution in [-0.4, -0.2) is 23.2 Å². The van der Waals surface area contributed by atoms with E-state index in [1.807, 2.05) is 6.92 Å². The predicted octanol–water partition coefficient (Wildman–Crippen LogP) is 1.13. The van der Waals surface area contributed by atoms with Crippen molar-refractivity contribution >= 4 is 12.0 Å². The van der Waals surface area contributed by atoms with Gasteiger partial charge in [0.25, 0.3) is 0 Å². The summed E-state index contributed by atoms with van der Waals surface area (Å²) in [5, 5.41) is 8.52. The highest BCUT2D eigenvalue weighted by molar-refractivity contribution is 5.87. The second-order valence-electron chi connectivity index (χ2n) is 2.36. The lowest BCUT2D eigenvalue weighted by Gasteiger charge is -2.07. The summed E-state index contributed by atoms with van der Waals surface area (Å²) in [6.07, 6.45) is 2.61. The fourth-order valence-corrected chi connectivity index (χ4v) is 0.796. The van der Waals surface area contributed by atoms with Crippen molar-refractivity contribution in [2.24, 2.45) is 4.99 Å². The molecule has 1 atom stereocenters. The smallest absolute Gasteiger partial charge is 0.333 e. The van der Waals surface area contributed by atoms with E-state index >= 15 is 0 Å². The van der Waals surface area contributed by atoms with Crippen LogP contribution in [0.25, 0.3) is 0 Å². The first-order chi connectivity index (χ1) is 5.63. The van der Waals surface area contributed by atoms with E-state index in [2.05, 4.69) is 11.6 Å². The zero-order valence-corrected chi connectivity index (χ0v) is 6.91. The predicted molar refractivity (Wildman–Crippen MR) is 43.6 cm³/mol. The van der Waals surface area contributed by atoms with Crippen molar-refractivity contribution in [3.8, 4) is 0 Å². The summed E-state index contributed by atoms with van der Waals surface area (Å²) in [6, 6.07) is -0.620. The summed E-state index contributed by atoms with van der Waals surface area (Å²) < 4.78 is 0. The average molecular weight is 169 g/mol. The summed E-state index contributed by atoms with van der Waals surface area (Å²) in [4.78, 5) is 23.6. The molecule has 12 heavy (non-hydrogen) atoms. The van der Waals surface area contributed by atoms with Crippen LogP contribution in [0.1, 0.15) is 19.8 Å². The Labute approximate surface area is 70.6 Å². The number of carbonyl (C=O) groups excluding carboxylic acids is 1. The van der Waals surface area contributed by atoms with Gasteiger partial charge in [0.05, 0.1) is 11.6 Å². The van der Waals surface area contributed by atoms with Crippen molar-refractivity contribution in [2.45, 2.75) is 25.8 Å². The molecule has 0 aliphatic heterocycles. The highest BCUT2D eigenvalue weighted by atomic mass is 16.4. The molecule has 66 valence electrons. The van der Waals surface area contributed by atoms with Gasteiger partial charge in [-0.2, -0.15) is 4.99 Å². The van der Waals surface area contributed by atoms with Crippen LogP contribution in [0, 0.1) is 0 Å². The number of rotatable bonds is 5. The van der Waals surface area contributed by atoms with Crippen LogP contribution in [0.4, 0.5) is 0 Å². The van der Waals surface area contributed by atoms with E-state index in [-0.39, 0.29) is 5.57 Å². The van der Waals surface area contributed by atoms with Gasteiger partial charge in [-0.3, -0.25) is 0 Å². The second kappa shape index (κ2) is 5.27. The van der Waals surface area contributed by atoms with Gasteiger partial charge in [0.1, 0.15) is 0 Å². The Kier molecular flexibility index (Phi) is 4.65. The van der Waals surface area contributed by atoms with E-state index in [0.717, 1.165) is 6.42 Å². The Bertz CT molecular complexity index is 228. The molecule has 4 nitrogen and oxygen atoms in total. The number of carboxylic acids is 1. The number of carbonyl (C=O) groups is 1. The number of isocyanates is 1. The van der Waals surface area contributed by atoms with Gasteiger partial charge in [0, 0.05) is 0 Å². The average Bonchev–Trinajstić information content (AvgIpc) is 2.03. The van der Waals surface area contributed by atoms with Crippen molar-refractivity contribution in [1.82, 2.24) is 0 Å². The highest BCUT2D eigenvalue weighted by Crippen LogP contribution is 2.10. The molecule has 0 bridgehead atoms. The molecule has 4 heteroatoms. The number of hydrogen-bond donors (Lipinski definition) is 1. The molecule has 0 heterocycles. The zero-order chi connectivity index (χ0) is 9.56. The fraction of sp³-hybridized carbons (Fsp3) is 0.500. The van der Waals surface area contributed by atoms with Crippen LogP contribution in [0.3, 0.4) is 0 Å². The van der Waals surface area contributed by atoms with Gasteiger partial charge in [0.15, 0.2) is 0 Å². The lowest BCUT2D eigenvalue weighted by Crippen LogP contribution is -2.14. The van der Waals surface area contributed by atoms with Crippen molar-refractivity contribution in [3.63, 3.8) is 0 Å². The number of aliphatic carboxylic acids is 1. The molecule has 0 aromatic carbocycles. The number of carboxylic acid groups (broad SMARTS) is 1. The van der Waals surface area contributed by atoms with Crippen LogP contribution in [0.5, 0.6) is 0 Å². The molecular formula is C8H11NO3. The van der Waals surface area contributed by atoms with Gasteiger partial charge < -0.3 is 5.11 Å². The largest absolute Gasteiger partial charge is 0.478 e. The molecule has 0 radical (unpaired) electrons. The maximum Gasteiger partial charge on any atom is 0.333 e. The SMILES string of the molecule is C=C(C(=O)O)C(CCC)N=C=O. The molecule has 0 fully saturated rings. The lowest BCUT2D eigenvalue weighted by atomic mass is 10.1. The minimum Gasteiger partial charge on any atom is -0.478 e. The quantitative estimate of drug-likeness (QED) is 0.381. The Morgan fingerprint density at radius 2 is 2.33 bits per heavy atom. The Balaban J connectivity index is 4.39. The van der Waals surface area contributed by atoms with Crippen molar-refractivity contribution in [2.75, 3.05) is 0 Å². The summed E-state index contributed by atoms with van der Waals surface area (Å²) >= 11 is 0. The second-order valence-corrected chi connectivity index (χ2v) is 2.36. The van der Waals surface area contributed by atoms with Gasteiger partial charge in [-0.25, -0.2) is 9.59 Å². The topological polar surface area (TPSA) is 66.7 Å². The summed E-state index contributed by atoms with van der Waals surface area (Å²) in [6.45, 7) is 5.20. The summed E-state index contributed by atoms with van der Waals surface area (Å²) in [7, 11) is 0. The first-order valence-corrected chi connectivity index (χ1v) is 3.62. The number of hydrogen-bond acceptors (Lipinski definition) is 3. The van der Waals surface area contributed by atoms with Crippen LogP contribution in [0.15, 0.2) is 17.1 Å². The third-order valence-corrected chi connectivity index (χ3v) is 1.45. The molecule has 1 unspecified atom stereocenters. The van der Waals surface area contributed by atoms with E-state index < -0.39 is 12.0 Å². The van der Waals surface area contributed by atoms with Crippen LogP contribution in [0.2, 0.25) is 0 Å². The molecule has 0 aromatic heterocycles. The van der Waals surface area contributed by atoms with Gasteiger partial charge in [-0.05, 0) is 6.42 Å². The highest BCUT2D eigenvalue weighted by Gasteiger charge is 2.16. The van der Waals surface area contributed by atoms with Crippen LogP contribution >= 0.6 is 0 Å². The van der Waals surface area contributed by atoms with E-state index in [0.29, 0.717) is 6.42 Å². The van der Waals surface area contributed by atoms with Gasteiger partial charge in [-0.15, -0.1) is 0 Å². The summed E-state index contributed by atoms with van der Waals surface area (Å²) in [5.41, 5.74) is -0.0554. The van der Waals surface area contributed by atoms with Gasteiger partial charge in [-0.1, -0.05) is 19.9 Å². The minimum absolute atomic E-state index is 0.0554. The first-order valence-electron chi connectivity index (χ1n) is 3.62. The zero-order valence-electron chi connectivity index (χ0n) is 6.91. The molecule has 0 saturated carbocycles. The molecule has 1 N–H and O–H groups in total. The fourth-order valence-electron chi connectivity index (χ4n) is 0.796. The molecule has 0 amide bonds. The molecule has 0 aliphatic carbocycles. The van der Waals surface area contributed by atoms with Crippen molar-refractivity contribution in [3.05, 3.63) is 12.2 Å². The van der Waals surface area contributed by atoms with E-state index in [1.165, 1.54) is 6.08 Å². The summed E-state index contributed by atoms with van der Waals surface area (Å²) in [5.74, 6) is -1.12. The van der Waals surface area contributed by atoms with Gasteiger partial charge in [0.2, 0.25) is 6.08 Å². The molecule has 0 saturated heterocycles. The molecule has 0 rings (SSSR count). The number of nitrogens with zero attached hydrogens (tertiary/aromatic N) is 1. The minimum atomic E-state index is -1.12. The normalized spacial score (nSPS) is 11.4. The molecular weight excluding hydrogens is 158 g/mol. The standard InChI is InChI=1S/C8H11NO3/c1-3-4-7(9-5-10)6(2)8(11)12/h7H,2-4H2,1H3,(H,11,12). The van der Waals surface area contributed by atoms with Crippen molar-refractivity contribution in [1.29, 1.82) is 0 Å². The molecule has 0 spiro atoms. The van der Waals surface area contributed by atoms with Crippen LogP contribution in [-0.2, 0) is 9.59 Å². The Hall–Kier alpha value is -1.41. The monoisotopic (exact) mass is 169 g/mol.